The molecule has 0 saturated heterocycles. The zero-order valence-electron chi connectivity index (χ0n) is 11.9. The quantitative estimate of drug-likeness (QED) is 0.621. The maximum absolute atomic E-state index is 5.86. The first-order valence-electron chi connectivity index (χ1n) is 6.68. The molecule has 1 unspecified atom stereocenters. The highest BCUT2D eigenvalue weighted by Crippen LogP contribution is 2.13. The van der Waals surface area contributed by atoms with Crippen molar-refractivity contribution in [2.75, 3.05) is 6.54 Å². The topological polar surface area (TPSA) is 50.4 Å². The van der Waals surface area contributed by atoms with Crippen molar-refractivity contribution in [3.05, 3.63) is 35.4 Å². The summed E-state index contributed by atoms with van der Waals surface area (Å²) in [5.41, 5.74) is 8.44. The van der Waals surface area contributed by atoms with Gasteiger partial charge < -0.3 is 11.1 Å². The minimum absolute atomic E-state index is 0.187. The van der Waals surface area contributed by atoms with E-state index in [-0.39, 0.29) is 6.04 Å². The molecule has 1 atom stereocenters. The van der Waals surface area contributed by atoms with Crippen molar-refractivity contribution in [1.29, 1.82) is 0 Å². The maximum Gasteiger partial charge on any atom is 0.189 e. The molecule has 0 aliphatic rings. The third-order valence-electron chi connectivity index (χ3n) is 2.88. The lowest BCUT2D eigenvalue weighted by Crippen LogP contribution is -2.34. The third kappa shape index (κ3) is 4.78. The summed E-state index contributed by atoms with van der Waals surface area (Å²) in [5, 5.41) is 3.22. The largest absolute Gasteiger partial charge is 0.370 e. The maximum atomic E-state index is 5.86. The Labute approximate surface area is 111 Å². The van der Waals surface area contributed by atoms with Crippen LogP contribution in [0.4, 0.5) is 0 Å². The number of nitrogens with two attached hydrogens (primary N) is 1. The summed E-state index contributed by atoms with van der Waals surface area (Å²) in [6, 6.07) is 8.80. The van der Waals surface area contributed by atoms with E-state index in [0.717, 1.165) is 13.0 Å². The zero-order chi connectivity index (χ0) is 13.5. The molecule has 3 nitrogen and oxygen atoms in total. The van der Waals surface area contributed by atoms with E-state index in [0.29, 0.717) is 11.9 Å². The van der Waals surface area contributed by atoms with E-state index in [1.165, 1.54) is 11.1 Å². The molecule has 0 aliphatic heterocycles. The summed E-state index contributed by atoms with van der Waals surface area (Å²) < 4.78 is 0. The average molecular weight is 247 g/mol. The first-order valence-corrected chi connectivity index (χ1v) is 6.68. The summed E-state index contributed by atoms with van der Waals surface area (Å²) in [7, 11) is 0. The molecular formula is C15H25N3. The van der Waals surface area contributed by atoms with Gasteiger partial charge in [0.2, 0.25) is 0 Å². The second kappa shape index (κ2) is 7.04. The number of aryl methyl sites for hydroxylation is 1. The Kier molecular flexibility index (Phi) is 5.69. The number of nitrogens with one attached hydrogen (secondary N) is 1. The molecule has 3 heteroatoms. The van der Waals surface area contributed by atoms with E-state index in [9.17, 15) is 0 Å². The molecule has 0 aromatic heterocycles. The van der Waals surface area contributed by atoms with Gasteiger partial charge in [-0.25, -0.2) is 0 Å². The monoisotopic (exact) mass is 247 g/mol. The van der Waals surface area contributed by atoms with Crippen LogP contribution in [0, 0.1) is 5.92 Å². The summed E-state index contributed by atoms with van der Waals surface area (Å²) in [6.07, 6.45) is 1.07. The number of guanidine groups is 1. The second-order valence-electron chi connectivity index (χ2n) is 5.08. The first kappa shape index (κ1) is 14.6. The molecule has 0 spiro atoms. The Hall–Kier alpha value is -1.51. The van der Waals surface area contributed by atoms with Gasteiger partial charge in [0.15, 0.2) is 5.96 Å². The van der Waals surface area contributed by atoms with Crippen LogP contribution in [0.15, 0.2) is 29.3 Å². The van der Waals surface area contributed by atoms with Crippen LogP contribution in [-0.2, 0) is 6.42 Å². The predicted molar refractivity (Wildman–Crippen MR) is 78.7 cm³/mol. The standard InChI is InChI=1S/C15H25N3/c1-5-13-6-8-14(9-7-13)12(4)18-15(16)17-10-11(2)3/h6-9,11-12H,5,10H2,1-4H3,(H3,16,17,18). The van der Waals surface area contributed by atoms with Crippen LogP contribution in [0.25, 0.3) is 0 Å². The first-order chi connectivity index (χ1) is 8.52. The van der Waals surface area contributed by atoms with Crippen molar-refractivity contribution in [3.8, 4) is 0 Å². The van der Waals surface area contributed by atoms with E-state index in [1.54, 1.807) is 0 Å². The van der Waals surface area contributed by atoms with Crippen LogP contribution in [0.5, 0.6) is 0 Å². The van der Waals surface area contributed by atoms with Gasteiger partial charge in [0.25, 0.3) is 0 Å². The molecule has 0 amide bonds. The molecule has 0 radical (unpaired) electrons. The van der Waals surface area contributed by atoms with E-state index < -0.39 is 0 Å². The average Bonchev–Trinajstić information content (AvgIpc) is 2.36. The van der Waals surface area contributed by atoms with Crippen LogP contribution in [-0.4, -0.2) is 12.5 Å². The van der Waals surface area contributed by atoms with Gasteiger partial charge in [-0.05, 0) is 30.4 Å². The number of nitrogens with zero attached hydrogens (tertiary/aromatic N) is 1. The van der Waals surface area contributed by atoms with E-state index in [1.807, 2.05) is 0 Å². The Bertz CT molecular complexity index is 379. The molecule has 0 heterocycles. The van der Waals surface area contributed by atoms with Gasteiger partial charge in [0.05, 0.1) is 6.04 Å². The van der Waals surface area contributed by atoms with Crippen LogP contribution in [0.1, 0.15) is 44.9 Å². The highest BCUT2D eigenvalue weighted by atomic mass is 15.1. The highest BCUT2D eigenvalue weighted by molar-refractivity contribution is 5.78. The number of hydrogen-bond donors (Lipinski definition) is 2. The van der Waals surface area contributed by atoms with Crippen molar-refractivity contribution in [1.82, 2.24) is 5.32 Å². The smallest absolute Gasteiger partial charge is 0.189 e. The fourth-order valence-electron chi connectivity index (χ4n) is 1.67. The Morgan fingerprint density at radius 2 is 1.83 bits per heavy atom. The van der Waals surface area contributed by atoms with Crippen LogP contribution in [0.3, 0.4) is 0 Å². The van der Waals surface area contributed by atoms with Gasteiger partial charge in [-0.3, -0.25) is 4.99 Å². The summed E-state index contributed by atoms with van der Waals surface area (Å²) in [6.45, 7) is 9.28. The minimum atomic E-state index is 0.187. The van der Waals surface area contributed by atoms with Crippen molar-refractivity contribution < 1.29 is 0 Å². The molecule has 0 saturated carbocycles. The fourth-order valence-corrected chi connectivity index (χ4v) is 1.67. The number of hydrogen-bond acceptors (Lipinski definition) is 1. The molecule has 1 aromatic rings. The molecule has 0 bridgehead atoms. The Morgan fingerprint density at radius 1 is 1.22 bits per heavy atom. The molecule has 100 valence electrons. The Balaban J connectivity index is 2.58. The number of rotatable bonds is 5. The second-order valence-corrected chi connectivity index (χ2v) is 5.08. The van der Waals surface area contributed by atoms with Crippen molar-refractivity contribution in [2.45, 2.75) is 40.2 Å². The van der Waals surface area contributed by atoms with Gasteiger partial charge in [-0.2, -0.15) is 0 Å². The van der Waals surface area contributed by atoms with Gasteiger partial charge in [0, 0.05) is 6.54 Å². The normalized spacial score (nSPS) is 13.7. The van der Waals surface area contributed by atoms with Gasteiger partial charge in [-0.15, -0.1) is 0 Å². The summed E-state index contributed by atoms with van der Waals surface area (Å²) in [5.74, 6) is 1.06. The van der Waals surface area contributed by atoms with Crippen LogP contribution in [0.2, 0.25) is 0 Å². The van der Waals surface area contributed by atoms with Crippen LogP contribution < -0.4 is 11.1 Å². The lowest BCUT2D eigenvalue weighted by Gasteiger charge is -2.15. The SMILES string of the molecule is CCc1ccc(C(C)NC(N)=NCC(C)C)cc1. The lowest BCUT2D eigenvalue weighted by molar-refractivity contribution is 0.652. The van der Waals surface area contributed by atoms with Crippen molar-refractivity contribution in [3.63, 3.8) is 0 Å². The summed E-state index contributed by atoms with van der Waals surface area (Å²) in [4.78, 5) is 4.31. The number of benzene rings is 1. The Morgan fingerprint density at radius 3 is 2.33 bits per heavy atom. The van der Waals surface area contributed by atoms with Gasteiger partial charge in [0.1, 0.15) is 0 Å². The predicted octanol–water partition coefficient (Wildman–Crippen LogP) is 2.87. The molecule has 3 N–H and O–H groups in total. The van der Waals surface area contributed by atoms with Crippen molar-refractivity contribution in [2.24, 2.45) is 16.6 Å². The van der Waals surface area contributed by atoms with Gasteiger partial charge >= 0.3 is 0 Å². The molecular weight excluding hydrogens is 222 g/mol. The molecule has 0 fully saturated rings. The van der Waals surface area contributed by atoms with E-state index >= 15 is 0 Å². The minimum Gasteiger partial charge on any atom is -0.370 e. The number of aliphatic imine (C=N–C) groups is 1. The molecule has 0 aliphatic carbocycles. The fraction of sp³-hybridized carbons (Fsp3) is 0.533. The van der Waals surface area contributed by atoms with E-state index in [2.05, 4.69) is 62.3 Å². The molecule has 18 heavy (non-hydrogen) atoms. The van der Waals surface area contributed by atoms with Crippen molar-refractivity contribution >= 4 is 5.96 Å². The highest BCUT2D eigenvalue weighted by Gasteiger charge is 2.05. The molecule has 1 rings (SSSR count). The zero-order valence-corrected chi connectivity index (χ0v) is 11.9. The van der Waals surface area contributed by atoms with Crippen LogP contribution >= 0.6 is 0 Å². The van der Waals surface area contributed by atoms with E-state index in [4.69, 9.17) is 5.73 Å². The summed E-state index contributed by atoms with van der Waals surface area (Å²) >= 11 is 0. The van der Waals surface area contributed by atoms with Gasteiger partial charge in [-0.1, -0.05) is 45.0 Å². The molecule has 1 aromatic carbocycles. The third-order valence-corrected chi connectivity index (χ3v) is 2.88. The lowest BCUT2D eigenvalue weighted by atomic mass is 10.1.